The zero-order valence-electron chi connectivity index (χ0n) is 9.12. The molecule has 0 fully saturated rings. The van der Waals surface area contributed by atoms with Crippen molar-refractivity contribution in [3.8, 4) is 0 Å². The second-order valence-electron chi connectivity index (χ2n) is 3.27. The first-order chi connectivity index (χ1) is 6.18. The van der Waals surface area contributed by atoms with E-state index in [2.05, 4.69) is 6.92 Å². The van der Waals surface area contributed by atoms with E-state index in [1.54, 1.807) is 0 Å². The molecule has 3 nitrogen and oxygen atoms in total. The number of aliphatic hydroxyl groups excluding tert-OH is 2. The summed E-state index contributed by atoms with van der Waals surface area (Å²) in [6, 6.07) is 0. The van der Waals surface area contributed by atoms with E-state index in [-0.39, 0.29) is 6.61 Å². The molecule has 0 unspecified atom stereocenters. The van der Waals surface area contributed by atoms with Gasteiger partial charge in [0.05, 0.1) is 13.2 Å². The molecule has 2 N–H and O–H groups in total. The monoisotopic (exact) mass is 192 g/mol. The van der Waals surface area contributed by atoms with Crippen molar-refractivity contribution in [1.29, 1.82) is 0 Å². The SMILES string of the molecule is CC(C)CO.CCCCOCCO. The van der Waals surface area contributed by atoms with Gasteiger partial charge in [-0.25, -0.2) is 0 Å². The van der Waals surface area contributed by atoms with Crippen LogP contribution in [0, 0.1) is 5.92 Å². The van der Waals surface area contributed by atoms with Gasteiger partial charge >= 0.3 is 0 Å². The van der Waals surface area contributed by atoms with Crippen molar-refractivity contribution >= 4 is 0 Å². The molecule has 0 saturated carbocycles. The average Bonchev–Trinajstić information content (AvgIpc) is 2.14. The van der Waals surface area contributed by atoms with Gasteiger partial charge in [0.2, 0.25) is 0 Å². The van der Waals surface area contributed by atoms with Crippen LogP contribution in [0.4, 0.5) is 0 Å². The van der Waals surface area contributed by atoms with Crippen molar-refractivity contribution in [1.82, 2.24) is 0 Å². The quantitative estimate of drug-likeness (QED) is 0.626. The van der Waals surface area contributed by atoms with E-state index in [4.69, 9.17) is 14.9 Å². The van der Waals surface area contributed by atoms with Crippen LogP contribution in [0.15, 0.2) is 0 Å². The zero-order valence-corrected chi connectivity index (χ0v) is 9.12. The standard InChI is InChI=1S/C6H14O2.C4H10O/c1-2-3-5-8-6-4-7;1-4(2)3-5/h7H,2-6H2,1H3;4-5H,3H2,1-2H3. The van der Waals surface area contributed by atoms with Gasteiger partial charge in [-0.3, -0.25) is 0 Å². The predicted octanol–water partition coefficient (Wildman–Crippen LogP) is 1.43. The number of unbranched alkanes of at least 4 members (excludes halogenated alkanes) is 1. The average molecular weight is 192 g/mol. The fourth-order valence-electron chi connectivity index (χ4n) is 0.413. The minimum atomic E-state index is 0.143. The third kappa shape index (κ3) is 24.5. The highest BCUT2D eigenvalue weighted by Crippen LogP contribution is 1.85. The van der Waals surface area contributed by atoms with Crippen LogP contribution in [0.2, 0.25) is 0 Å². The van der Waals surface area contributed by atoms with Crippen LogP contribution in [0.3, 0.4) is 0 Å². The molecule has 82 valence electrons. The lowest BCUT2D eigenvalue weighted by atomic mass is 10.2. The Bertz CT molecular complexity index is 68.6. The first-order valence-electron chi connectivity index (χ1n) is 4.98. The van der Waals surface area contributed by atoms with Crippen molar-refractivity contribution in [2.24, 2.45) is 5.92 Å². The highest BCUT2D eigenvalue weighted by atomic mass is 16.5. The summed E-state index contributed by atoms with van der Waals surface area (Å²) in [7, 11) is 0. The van der Waals surface area contributed by atoms with Crippen LogP contribution in [-0.4, -0.2) is 36.6 Å². The Balaban J connectivity index is 0. The lowest BCUT2D eigenvalue weighted by Crippen LogP contribution is -1.99. The van der Waals surface area contributed by atoms with Gasteiger partial charge in [-0.1, -0.05) is 27.2 Å². The first kappa shape index (κ1) is 15.4. The Morgan fingerprint density at radius 1 is 1.15 bits per heavy atom. The molecule has 0 aliphatic carbocycles. The maximum Gasteiger partial charge on any atom is 0.0697 e. The summed E-state index contributed by atoms with van der Waals surface area (Å²) in [6.45, 7) is 7.78. The highest BCUT2D eigenvalue weighted by Gasteiger charge is 1.82. The van der Waals surface area contributed by atoms with Gasteiger partial charge in [0.1, 0.15) is 0 Å². The predicted molar refractivity (Wildman–Crippen MR) is 54.7 cm³/mol. The maximum absolute atomic E-state index is 8.24. The van der Waals surface area contributed by atoms with Gasteiger partial charge < -0.3 is 14.9 Å². The van der Waals surface area contributed by atoms with E-state index in [0.717, 1.165) is 19.4 Å². The van der Waals surface area contributed by atoms with Crippen LogP contribution in [-0.2, 0) is 4.74 Å². The van der Waals surface area contributed by atoms with Gasteiger partial charge in [-0.2, -0.15) is 0 Å². The number of hydrogen-bond acceptors (Lipinski definition) is 3. The summed E-state index contributed by atoms with van der Waals surface area (Å²) in [5, 5.41) is 16.4. The fraction of sp³-hybridized carbons (Fsp3) is 1.00. The molecule has 13 heavy (non-hydrogen) atoms. The molecule has 0 aromatic rings. The lowest BCUT2D eigenvalue weighted by molar-refractivity contribution is 0.0904. The Labute approximate surface area is 81.7 Å². The molecular formula is C10H24O3. The third-order valence-corrected chi connectivity index (χ3v) is 1.24. The molecule has 0 rings (SSSR count). The van der Waals surface area contributed by atoms with Gasteiger partial charge in [0.15, 0.2) is 0 Å². The topological polar surface area (TPSA) is 49.7 Å². The van der Waals surface area contributed by atoms with Crippen molar-refractivity contribution in [3.05, 3.63) is 0 Å². The normalized spacial score (nSPS) is 9.69. The smallest absolute Gasteiger partial charge is 0.0697 e. The first-order valence-corrected chi connectivity index (χ1v) is 4.98. The third-order valence-electron chi connectivity index (χ3n) is 1.24. The molecule has 0 heterocycles. The van der Waals surface area contributed by atoms with E-state index < -0.39 is 0 Å². The Kier molecular flexibility index (Phi) is 17.0. The molecule has 0 saturated heterocycles. The maximum atomic E-state index is 8.24. The molecular weight excluding hydrogens is 168 g/mol. The van der Waals surface area contributed by atoms with Crippen molar-refractivity contribution in [2.75, 3.05) is 26.4 Å². The van der Waals surface area contributed by atoms with Crippen molar-refractivity contribution in [2.45, 2.75) is 33.6 Å². The van der Waals surface area contributed by atoms with E-state index in [9.17, 15) is 0 Å². The van der Waals surface area contributed by atoms with Gasteiger partial charge in [0, 0.05) is 13.2 Å². The summed E-state index contributed by atoms with van der Waals surface area (Å²) < 4.78 is 4.97. The number of ether oxygens (including phenoxy) is 1. The Morgan fingerprint density at radius 3 is 2.00 bits per heavy atom. The van der Waals surface area contributed by atoms with Gasteiger partial charge in [0.25, 0.3) is 0 Å². The van der Waals surface area contributed by atoms with E-state index in [0.29, 0.717) is 19.1 Å². The summed E-state index contributed by atoms with van der Waals surface area (Å²) >= 11 is 0. The summed E-state index contributed by atoms with van der Waals surface area (Å²) in [5.74, 6) is 0.440. The molecule has 0 spiro atoms. The largest absolute Gasteiger partial charge is 0.396 e. The molecule has 0 aliphatic heterocycles. The molecule has 3 heteroatoms. The summed E-state index contributed by atoms with van der Waals surface area (Å²) in [5.41, 5.74) is 0. The minimum Gasteiger partial charge on any atom is -0.396 e. The second-order valence-corrected chi connectivity index (χ2v) is 3.27. The van der Waals surface area contributed by atoms with Crippen LogP contribution in [0.1, 0.15) is 33.6 Å². The van der Waals surface area contributed by atoms with E-state index in [1.807, 2.05) is 13.8 Å². The summed E-state index contributed by atoms with van der Waals surface area (Å²) in [4.78, 5) is 0. The van der Waals surface area contributed by atoms with Crippen LogP contribution in [0.5, 0.6) is 0 Å². The van der Waals surface area contributed by atoms with E-state index in [1.165, 1.54) is 0 Å². The minimum absolute atomic E-state index is 0.143. The number of rotatable bonds is 6. The fourth-order valence-corrected chi connectivity index (χ4v) is 0.413. The van der Waals surface area contributed by atoms with Crippen LogP contribution in [0.25, 0.3) is 0 Å². The molecule has 0 amide bonds. The molecule has 0 aromatic heterocycles. The van der Waals surface area contributed by atoms with Gasteiger partial charge in [-0.15, -0.1) is 0 Å². The second kappa shape index (κ2) is 14.4. The molecule has 0 bridgehead atoms. The van der Waals surface area contributed by atoms with Crippen LogP contribution < -0.4 is 0 Å². The Hall–Kier alpha value is -0.120. The van der Waals surface area contributed by atoms with E-state index >= 15 is 0 Å². The summed E-state index contributed by atoms with van der Waals surface area (Å²) in [6.07, 6.45) is 2.26. The number of aliphatic hydroxyl groups is 2. The van der Waals surface area contributed by atoms with Crippen LogP contribution >= 0.6 is 0 Å². The molecule has 0 radical (unpaired) electrons. The Morgan fingerprint density at radius 2 is 1.69 bits per heavy atom. The molecule has 0 aromatic carbocycles. The lowest BCUT2D eigenvalue weighted by Gasteiger charge is -1.97. The number of hydrogen-bond donors (Lipinski definition) is 2. The highest BCUT2D eigenvalue weighted by molar-refractivity contribution is 4.32. The van der Waals surface area contributed by atoms with Crippen molar-refractivity contribution < 1.29 is 14.9 Å². The molecule has 0 aliphatic rings. The van der Waals surface area contributed by atoms with Gasteiger partial charge in [-0.05, 0) is 12.3 Å². The van der Waals surface area contributed by atoms with Crippen molar-refractivity contribution in [3.63, 3.8) is 0 Å². The molecule has 0 atom stereocenters. The zero-order chi connectivity index (χ0) is 10.5.